The molecule has 1 aromatic rings. The summed E-state index contributed by atoms with van der Waals surface area (Å²) < 4.78 is 5.80. The van der Waals surface area contributed by atoms with Gasteiger partial charge in [0, 0.05) is 24.1 Å². The number of anilines is 1. The molecule has 3 nitrogen and oxygen atoms in total. The van der Waals surface area contributed by atoms with Crippen molar-refractivity contribution in [3.63, 3.8) is 0 Å². The van der Waals surface area contributed by atoms with Gasteiger partial charge in [0.2, 0.25) is 0 Å². The van der Waals surface area contributed by atoms with Gasteiger partial charge in [-0.15, -0.1) is 0 Å². The molecule has 16 heavy (non-hydrogen) atoms. The summed E-state index contributed by atoms with van der Waals surface area (Å²) in [7, 11) is 0. The van der Waals surface area contributed by atoms with Crippen molar-refractivity contribution in [1.82, 2.24) is 0 Å². The Morgan fingerprint density at radius 3 is 3.12 bits per heavy atom. The van der Waals surface area contributed by atoms with Crippen LogP contribution in [0.15, 0.2) is 24.3 Å². The van der Waals surface area contributed by atoms with Gasteiger partial charge in [-0.1, -0.05) is 18.2 Å². The van der Waals surface area contributed by atoms with Gasteiger partial charge in [0.1, 0.15) is 0 Å². The summed E-state index contributed by atoms with van der Waals surface area (Å²) in [6.45, 7) is 0.733. The molecule has 1 saturated carbocycles. The number of rotatable bonds is 0. The van der Waals surface area contributed by atoms with Crippen LogP contribution in [-0.4, -0.2) is 18.1 Å². The van der Waals surface area contributed by atoms with Crippen molar-refractivity contribution in [3.8, 4) is 0 Å². The maximum Gasteiger partial charge on any atom is 0.257 e. The predicted octanol–water partition coefficient (Wildman–Crippen LogP) is 1.90. The molecule has 1 N–H and O–H groups in total. The zero-order chi connectivity index (χ0) is 10.8. The topological polar surface area (TPSA) is 38.3 Å². The van der Waals surface area contributed by atoms with E-state index >= 15 is 0 Å². The second kappa shape index (κ2) is 2.66. The first-order valence-corrected chi connectivity index (χ1v) is 5.87. The SMILES string of the molecule is O=C1Nc2ccccc2[C@H]2C[C@@H]3CCO[C@@]132. The lowest BCUT2D eigenvalue weighted by molar-refractivity contribution is -0.157. The fourth-order valence-electron chi connectivity index (χ4n) is 3.58. The van der Waals surface area contributed by atoms with Crippen molar-refractivity contribution in [3.05, 3.63) is 29.8 Å². The van der Waals surface area contributed by atoms with Crippen molar-refractivity contribution >= 4 is 11.6 Å². The van der Waals surface area contributed by atoms with Crippen molar-refractivity contribution in [2.75, 3.05) is 11.9 Å². The van der Waals surface area contributed by atoms with E-state index in [-0.39, 0.29) is 11.8 Å². The Morgan fingerprint density at radius 2 is 2.25 bits per heavy atom. The maximum atomic E-state index is 12.2. The largest absolute Gasteiger partial charge is 0.364 e. The summed E-state index contributed by atoms with van der Waals surface area (Å²) in [6, 6.07) is 8.08. The van der Waals surface area contributed by atoms with Crippen molar-refractivity contribution in [2.45, 2.75) is 24.4 Å². The molecule has 2 heterocycles. The third kappa shape index (κ3) is 0.789. The van der Waals surface area contributed by atoms with E-state index in [9.17, 15) is 4.79 Å². The summed E-state index contributed by atoms with van der Waals surface area (Å²) >= 11 is 0. The second-order valence-electron chi connectivity index (χ2n) is 4.96. The minimum absolute atomic E-state index is 0.0740. The molecule has 82 valence electrons. The summed E-state index contributed by atoms with van der Waals surface area (Å²) in [6.07, 6.45) is 2.14. The smallest absolute Gasteiger partial charge is 0.257 e. The highest BCUT2D eigenvalue weighted by Gasteiger charge is 2.66. The Bertz CT molecular complexity index is 485. The average Bonchev–Trinajstić information content (AvgIpc) is 2.57. The van der Waals surface area contributed by atoms with Crippen LogP contribution < -0.4 is 5.32 Å². The molecule has 1 amide bonds. The molecule has 1 aromatic carbocycles. The summed E-state index contributed by atoms with van der Waals surface area (Å²) in [5.74, 6) is 0.792. The highest BCUT2D eigenvalue weighted by molar-refractivity contribution is 6.03. The van der Waals surface area contributed by atoms with E-state index in [2.05, 4.69) is 11.4 Å². The number of carbonyl (C=O) groups excluding carboxylic acids is 1. The number of hydrogen-bond acceptors (Lipinski definition) is 2. The average molecular weight is 215 g/mol. The van der Waals surface area contributed by atoms with E-state index in [1.807, 2.05) is 18.2 Å². The van der Waals surface area contributed by atoms with E-state index in [0.717, 1.165) is 25.1 Å². The quantitative estimate of drug-likeness (QED) is 0.717. The molecule has 3 heteroatoms. The molecular formula is C13H13NO2. The van der Waals surface area contributed by atoms with Crippen LogP contribution in [0.2, 0.25) is 0 Å². The number of para-hydroxylation sites is 1. The summed E-state index contributed by atoms with van der Waals surface area (Å²) in [5, 5.41) is 2.99. The molecule has 1 aliphatic carbocycles. The van der Waals surface area contributed by atoms with E-state index in [0.29, 0.717) is 5.92 Å². The highest BCUT2D eigenvalue weighted by atomic mass is 16.5. The molecule has 2 aliphatic heterocycles. The van der Waals surface area contributed by atoms with Crippen LogP contribution in [0.1, 0.15) is 24.3 Å². The Hall–Kier alpha value is -1.35. The fraction of sp³-hybridized carbons (Fsp3) is 0.462. The monoisotopic (exact) mass is 215 g/mol. The first kappa shape index (κ1) is 8.76. The highest BCUT2D eigenvalue weighted by Crippen LogP contribution is 2.60. The Kier molecular flexibility index (Phi) is 1.46. The molecule has 4 rings (SSSR count). The zero-order valence-corrected chi connectivity index (χ0v) is 8.90. The minimum Gasteiger partial charge on any atom is -0.364 e. The lowest BCUT2D eigenvalue weighted by Crippen LogP contribution is -2.62. The molecule has 1 saturated heterocycles. The van der Waals surface area contributed by atoms with Crippen molar-refractivity contribution in [1.29, 1.82) is 0 Å². The first-order chi connectivity index (χ1) is 7.82. The third-order valence-electron chi connectivity index (χ3n) is 4.39. The standard InChI is InChI=1S/C13H13NO2/c15-12-13-8(5-6-16-13)7-10(13)9-3-1-2-4-11(9)14-12/h1-4,8,10H,5-7H2,(H,14,15)/t8-,10+,13-/m0/s1. The van der Waals surface area contributed by atoms with Gasteiger partial charge >= 0.3 is 0 Å². The molecule has 0 radical (unpaired) electrons. The number of ether oxygens (including phenoxy) is 1. The summed E-state index contributed by atoms with van der Waals surface area (Å²) in [4.78, 5) is 12.2. The first-order valence-electron chi connectivity index (χ1n) is 5.87. The van der Waals surface area contributed by atoms with Crippen LogP contribution >= 0.6 is 0 Å². The maximum absolute atomic E-state index is 12.2. The van der Waals surface area contributed by atoms with Crippen molar-refractivity contribution in [2.24, 2.45) is 5.92 Å². The summed E-state index contributed by atoms with van der Waals surface area (Å²) in [5.41, 5.74) is 1.70. The van der Waals surface area contributed by atoms with E-state index in [1.165, 1.54) is 5.56 Å². The molecule has 1 spiro atoms. The number of hydrogen-bond donors (Lipinski definition) is 1. The van der Waals surface area contributed by atoms with Crippen LogP contribution in [0.3, 0.4) is 0 Å². The lowest BCUT2D eigenvalue weighted by atomic mass is 9.56. The number of benzene rings is 1. The minimum atomic E-state index is -0.519. The van der Waals surface area contributed by atoms with Crippen molar-refractivity contribution < 1.29 is 9.53 Å². The van der Waals surface area contributed by atoms with E-state index in [1.54, 1.807) is 0 Å². The normalized spacial score (nSPS) is 39.1. The predicted molar refractivity (Wildman–Crippen MR) is 59.2 cm³/mol. The molecular weight excluding hydrogens is 202 g/mol. The molecule has 3 aliphatic rings. The molecule has 0 unspecified atom stereocenters. The molecule has 2 fully saturated rings. The van der Waals surface area contributed by atoms with E-state index in [4.69, 9.17) is 4.74 Å². The van der Waals surface area contributed by atoms with Gasteiger partial charge in [0.25, 0.3) is 5.91 Å². The van der Waals surface area contributed by atoms with Gasteiger partial charge in [-0.3, -0.25) is 4.79 Å². The Balaban J connectivity index is 1.88. The van der Waals surface area contributed by atoms with Crippen LogP contribution in [0.25, 0.3) is 0 Å². The number of fused-ring (bicyclic) bond motifs is 2. The van der Waals surface area contributed by atoms with Gasteiger partial charge in [-0.05, 0) is 24.5 Å². The zero-order valence-electron chi connectivity index (χ0n) is 8.90. The van der Waals surface area contributed by atoms with Gasteiger partial charge in [-0.2, -0.15) is 0 Å². The van der Waals surface area contributed by atoms with Crippen LogP contribution in [-0.2, 0) is 9.53 Å². The molecule has 0 aromatic heterocycles. The number of nitrogens with one attached hydrogen (secondary N) is 1. The van der Waals surface area contributed by atoms with Gasteiger partial charge in [0.15, 0.2) is 5.60 Å². The van der Waals surface area contributed by atoms with Gasteiger partial charge in [0.05, 0.1) is 0 Å². The molecule has 0 bridgehead atoms. The van der Waals surface area contributed by atoms with E-state index < -0.39 is 5.60 Å². The van der Waals surface area contributed by atoms with Crippen LogP contribution in [0.5, 0.6) is 0 Å². The van der Waals surface area contributed by atoms with Crippen LogP contribution in [0.4, 0.5) is 5.69 Å². The molecule has 3 atom stereocenters. The Labute approximate surface area is 93.8 Å². The van der Waals surface area contributed by atoms with Gasteiger partial charge < -0.3 is 10.1 Å². The Morgan fingerprint density at radius 1 is 1.38 bits per heavy atom. The van der Waals surface area contributed by atoms with Gasteiger partial charge in [-0.25, -0.2) is 0 Å². The fourth-order valence-corrected chi connectivity index (χ4v) is 3.58. The second-order valence-corrected chi connectivity index (χ2v) is 4.96. The number of amides is 1. The lowest BCUT2D eigenvalue weighted by Gasteiger charge is -2.52. The van der Waals surface area contributed by atoms with Crippen LogP contribution in [0, 0.1) is 5.92 Å². The third-order valence-corrected chi connectivity index (χ3v) is 4.39. The number of carbonyl (C=O) groups is 1.